The molecule has 0 spiro atoms. The van der Waals surface area contributed by atoms with E-state index in [1.54, 1.807) is 24.3 Å². The number of halogens is 2. The van der Waals surface area contributed by atoms with Gasteiger partial charge in [-0.05, 0) is 44.2 Å². The highest BCUT2D eigenvalue weighted by molar-refractivity contribution is 7.92. The highest BCUT2D eigenvalue weighted by Crippen LogP contribution is 2.30. The quantitative estimate of drug-likeness (QED) is 0.678. The van der Waals surface area contributed by atoms with Crippen molar-refractivity contribution in [1.82, 2.24) is 9.97 Å². The smallest absolute Gasteiger partial charge is 0.266 e. The van der Waals surface area contributed by atoms with Gasteiger partial charge < -0.3 is 9.64 Å². The number of ether oxygens (including phenoxy) is 1. The molecule has 2 unspecified atom stereocenters. The molecule has 10 heteroatoms. The third kappa shape index (κ3) is 4.05. The highest BCUT2D eigenvalue weighted by Gasteiger charge is 2.29. The Morgan fingerprint density at radius 1 is 1.03 bits per heavy atom. The van der Waals surface area contributed by atoms with Crippen molar-refractivity contribution in [1.29, 1.82) is 0 Å². The summed E-state index contributed by atoms with van der Waals surface area (Å²) in [6, 6.07) is 9.26. The summed E-state index contributed by atoms with van der Waals surface area (Å²) >= 11 is 0. The van der Waals surface area contributed by atoms with Gasteiger partial charge in [0.2, 0.25) is 0 Å². The maximum absolute atomic E-state index is 14.1. The largest absolute Gasteiger partial charge is 0.372 e. The zero-order valence-corrected chi connectivity index (χ0v) is 17.2. The predicted molar refractivity (Wildman–Crippen MR) is 109 cm³/mol. The Labute approximate surface area is 172 Å². The molecule has 3 aromatic rings. The summed E-state index contributed by atoms with van der Waals surface area (Å²) in [7, 11) is -4.45. The van der Waals surface area contributed by atoms with E-state index >= 15 is 0 Å². The van der Waals surface area contributed by atoms with E-state index < -0.39 is 26.6 Å². The molecule has 158 valence electrons. The molecule has 0 saturated carbocycles. The zero-order valence-electron chi connectivity index (χ0n) is 16.3. The van der Waals surface area contributed by atoms with Crippen LogP contribution in [0, 0.1) is 11.6 Å². The standard InChI is InChI=1S/C20H20F2N4O3S/c1-12-10-26(11-13(2)29-12)20-19(23-16-5-3-4-6-17(16)24-20)25-30(27,28)18-9-14(21)7-8-15(18)22/h3-9,12-13H,10-11H2,1-2H3,(H,23,25). The Balaban J connectivity index is 1.81. The first kappa shape index (κ1) is 20.4. The number of anilines is 2. The van der Waals surface area contributed by atoms with E-state index in [1.165, 1.54) is 0 Å². The topological polar surface area (TPSA) is 84.4 Å². The fraction of sp³-hybridized carbons (Fsp3) is 0.300. The summed E-state index contributed by atoms with van der Waals surface area (Å²) in [4.78, 5) is 10.1. The molecule has 7 nitrogen and oxygen atoms in total. The van der Waals surface area contributed by atoms with Crippen LogP contribution in [0.15, 0.2) is 47.4 Å². The Morgan fingerprint density at radius 2 is 1.67 bits per heavy atom. The summed E-state index contributed by atoms with van der Waals surface area (Å²) in [5, 5.41) is 0. The van der Waals surface area contributed by atoms with Gasteiger partial charge in [0.1, 0.15) is 16.5 Å². The van der Waals surface area contributed by atoms with Gasteiger partial charge in [0.15, 0.2) is 11.6 Å². The van der Waals surface area contributed by atoms with Crippen LogP contribution in [0.5, 0.6) is 0 Å². The maximum atomic E-state index is 14.1. The van der Waals surface area contributed by atoms with Crippen molar-refractivity contribution in [2.24, 2.45) is 0 Å². The molecule has 0 radical (unpaired) electrons. The molecule has 2 aromatic carbocycles. The average molecular weight is 434 g/mol. The highest BCUT2D eigenvalue weighted by atomic mass is 32.2. The number of benzene rings is 2. The van der Waals surface area contributed by atoms with Gasteiger partial charge in [-0.3, -0.25) is 4.72 Å². The van der Waals surface area contributed by atoms with Crippen LogP contribution in [0.2, 0.25) is 0 Å². The van der Waals surface area contributed by atoms with Crippen molar-refractivity contribution >= 4 is 32.7 Å². The number of nitrogens with zero attached hydrogens (tertiary/aromatic N) is 3. The van der Waals surface area contributed by atoms with Crippen LogP contribution in [-0.4, -0.2) is 43.7 Å². The third-order valence-corrected chi connectivity index (χ3v) is 6.04. The van der Waals surface area contributed by atoms with E-state index in [2.05, 4.69) is 14.7 Å². The molecule has 2 atom stereocenters. The molecule has 1 saturated heterocycles. The van der Waals surface area contributed by atoms with Crippen molar-refractivity contribution < 1.29 is 21.9 Å². The summed E-state index contributed by atoms with van der Waals surface area (Å²) < 4.78 is 61.4. The van der Waals surface area contributed by atoms with Crippen LogP contribution in [0.4, 0.5) is 20.4 Å². The number of para-hydroxylation sites is 2. The first-order valence-electron chi connectivity index (χ1n) is 9.38. The van der Waals surface area contributed by atoms with Crippen molar-refractivity contribution in [2.45, 2.75) is 31.0 Å². The second-order valence-corrected chi connectivity index (χ2v) is 8.88. The Bertz CT molecular complexity index is 1200. The van der Waals surface area contributed by atoms with E-state index in [4.69, 9.17) is 4.74 Å². The lowest BCUT2D eigenvalue weighted by molar-refractivity contribution is -0.00540. The van der Waals surface area contributed by atoms with Crippen LogP contribution in [0.1, 0.15) is 13.8 Å². The molecular weight excluding hydrogens is 414 g/mol. The number of sulfonamides is 1. The molecule has 2 heterocycles. The predicted octanol–water partition coefficient (Wildman–Crippen LogP) is 3.32. The molecule has 1 aromatic heterocycles. The van der Waals surface area contributed by atoms with Gasteiger partial charge in [-0.2, -0.15) is 0 Å². The molecule has 1 fully saturated rings. The number of morpholine rings is 1. The Morgan fingerprint density at radius 3 is 2.33 bits per heavy atom. The second kappa shape index (κ2) is 7.77. The fourth-order valence-electron chi connectivity index (χ4n) is 3.50. The maximum Gasteiger partial charge on any atom is 0.266 e. The molecule has 4 rings (SSSR count). The van der Waals surface area contributed by atoms with E-state index in [0.717, 1.165) is 12.1 Å². The lowest BCUT2D eigenvalue weighted by atomic mass is 10.2. The minimum absolute atomic E-state index is 0.0568. The van der Waals surface area contributed by atoms with Gasteiger partial charge in [-0.15, -0.1) is 0 Å². The number of rotatable bonds is 4. The third-order valence-electron chi connectivity index (χ3n) is 4.69. The summed E-state index contributed by atoms with van der Waals surface area (Å²) in [5.74, 6) is -1.68. The van der Waals surface area contributed by atoms with E-state index in [9.17, 15) is 17.2 Å². The zero-order chi connectivity index (χ0) is 21.5. The lowest BCUT2D eigenvalue weighted by Crippen LogP contribution is -2.46. The number of nitrogens with one attached hydrogen (secondary N) is 1. The van der Waals surface area contributed by atoms with Crippen molar-refractivity contribution in [3.63, 3.8) is 0 Å². The lowest BCUT2D eigenvalue weighted by Gasteiger charge is -2.36. The SMILES string of the molecule is CC1CN(c2nc3ccccc3nc2NS(=O)(=O)c2cc(F)ccc2F)CC(C)O1. The van der Waals surface area contributed by atoms with E-state index in [0.29, 0.717) is 36.0 Å². The fourth-order valence-corrected chi connectivity index (χ4v) is 4.59. The second-order valence-electron chi connectivity index (χ2n) is 7.23. The molecular formula is C20H20F2N4O3S. The number of hydrogen-bond acceptors (Lipinski definition) is 6. The van der Waals surface area contributed by atoms with Crippen LogP contribution in [0.3, 0.4) is 0 Å². The van der Waals surface area contributed by atoms with Crippen LogP contribution < -0.4 is 9.62 Å². The molecule has 0 bridgehead atoms. The number of aromatic nitrogens is 2. The van der Waals surface area contributed by atoms with Gasteiger partial charge in [-0.25, -0.2) is 27.2 Å². The normalized spacial score (nSPS) is 19.8. The van der Waals surface area contributed by atoms with Crippen LogP contribution >= 0.6 is 0 Å². The summed E-state index contributed by atoms with van der Waals surface area (Å²) in [6.45, 7) is 4.76. The molecule has 0 amide bonds. The molecule has 1 aliphatic rings. The van der Waals surface area contributed by atoms with Crippen LogP contribution in [0.25, 0.3) is 11.0 Å². The van der Waals surface area contributed by atoms with Crippen molar-refractivity contribution in [2.75, 3.05) is 22.7 Å². The molecule has 1 N–H and O–H groups in total. The first-order valence-corrected chi connectivity index (χ1v) is 10.9. The minimum atomic E-state index is -4.45. The van der Waals surface area contributed by atoms with Gasteiger partial charge >= 0.3 is 0 Å². The number of hydrogen-bond donors (Lipinski definition) is 1. The van der Waals surface area contributed by atoms with Gasteiger partial charge in [-0.1, -0.05) is 12.1 Å². The molecule has 30 heavy (non-hydrogen) atoms. The molecule has 1 aliphatic heterocycles. The number of fused-ring (bicyclic) bond motifs is 1. The monoisotopic (exact) mass is 434 g/mol. The van der Waals surface area contributed by atoms with Gasteiger partial charge in [0.05, 0.1) is 23.2 Å². The minimum Gasteiger partial charge on any atom is -0.372 e. The van der Waals surface area contributed by atoms with E-state index in [1.807, 2.05) is 18.7 Å². The van der Waals surface area contributed by atoms with Crippen molar-refractivity contribution in [3.05, 3.63) is 54.1 Å². The van der Waals surface area contributed by atoms with Gasteiger partial charge in [0, 0.05) is 13.1 Å². The first-order chi connectivity index (χ1) is 14.2. The van der Waals surface area contributed by atoms with Crippen molar-refractivity contribution in [3.8, 4) is 0 Å². The molecule has 0 aliphatic carbocycles. The van der Waals surface area contributed by atoms with E-state index in [-0.39, 0.29) is 18.0 Å². The van der Waals surface area contributed by atoms with Gasteiger partial charge in [0.25, 0.3) is 10.0 Å². The average Bonchev–Trinajstić information content (AvgIpc) is 2.68. The summed E-state index contributed by atoms with van der Waals surface area (Å²) in [5.41, 5.74) is 1.05. The summed E-state index contributed by atoms with van der Waals surface area (Å²) in [6.07, 6.45) is -0.209. The van der Waals surface area contributed by atoms with Crippen LogP contribution in [-0.2, 0) is 14.8 Å². The Kier molecular flexibility index (Phi) is 5.29. The Hall–Kier alpha value is -2.85.